The van der Waals surface area contributed by atoms with E-state index in [9.17, 15) is 4.79 Å². The Labute approximate surface area is 184 Å². The highest BCUT2D eigenvalue weighted by molar-refractivity contribution is 7.80. The molecule has 0 bridgehead atoms. The molecule has 0 radical (unpaired) electrons. The van der Waals surface area contributed by atoms with E-state index in [0.717, 1.165) is 47.6 Å². The number of thiocarbonyl (C=S) groups is 1. The van der Waals surface area contributed by atoms with Gasteiger partial charge in [-0.1, -0.05) is 19.3 Å². The second-order valence-electron chi connectivity index (χ2n) is 8.95. The molecule has 5 nitrogen and oxygen atoms in total. The van der Waals surface area contributed by atoms with E-state index in [-0.39, 0.29) is 11.7 Å². The van der Waals surface area contributed by atoms with Crippen molar-refractivity contribution in [2.75, 3.05) is 13.2 Å². The number of pyridine rings is 1. The van der Waals surface area contributed by atoms with Crippen LogP contribution in [0, 0.1) is 13.8 Å². The third kappa shape index (κ3) is 5.03. The summed E-state index contributed by atoms with van der Waals surface area (Å²) in [6.07, 6.45) is 8.50. The van der Waals surface area contributed by atoms with E-state index in [2.05, 4.69) is 41.2 Å². The van der Waals surface area contributed by atoms with E-state index in [1.54, 1.807) is 0 Å². The van der Waals surface area contributed by atoms with Crippen LogP contribution in [0.3, 0.4) is 0 Å². The lowest BCUT2D eigenvalue weighted by Crippen LogP contribution is -2.47. The molecule has 2 fully saturated rings. The molecule has 1 saturated heterocycles. The summed E-state index contributed by atoms with van der Waals surface area (Å²) in [6.45, 7) is 6.21. The molecule has 2 heterocycles. The van der Waals surface area contributed by atoms with Gasteiger partial charge in [0.2, 0.25) is 0 Å². The van der Waals surface area contributed by atoms with Gasteiger partial charge in [0.1, 0.15) is 0 Å². The Morgan fingerprint density at radius 2 is 1.90 bits per heavy atom. The van der Waals surface area contributed by atoms with Gasteiger partial charge in [-0.15, -0.1) is 0 Å². The van der Waals surface area contributed by atoms with Gasteiger partial charge in [0.05, 0.1) is 12.6 Å². The molecule has 1 saturated carbocycles. The molecule has 162 valence electrons. The lowest BCUT2D eigenvalue weighted by molar-refractivity contribution is 0.0894. The maximum atomic E-state index is 12.8. The molecule has 0 spiro atoms. The summed E-state index contributed by atoms with van der Waals surface area (Å²) in [7, 11) is 0. The summed E-state index contributed by atoms with van der Waals surface area (Å²) in [4.78, 5) is 18.0. The summed E-state index contributed by atoms with van der Waals surface area (Å²) in [5.41, 5.74) is 4.01. The van der Waals surface area contributed by atoms with E-state index < -0.39 is 0 Å². The Bertz CT molecular complexity index is 959. The second kappa shape index (κ2) is 9.48. The number of hydrogen-bond acceptors (Lipinski definition) is 3. The first-order valence-electron chi connectivity index (χ1n) is 11.3. The molecule has 6 heteroatoms. The van der Waals surface area contributed by atoms with Crippen LogP contribution >= 0.6 is 12.2 Å². The van der Waals surface area contributed by atoms with Crippen LogP contribution in [0.15, 0.2) is 23.0 Å². The zero-order valence-corrected chi connectivity index (χ0v) is 18.9. The molecular formula is C24H33N3O2S. The SMILES string of the molecule is Cc1cc2cc(CN(C[C@H]3CCCO3)C(=S)NC3CCCCC3)c(=O)[nH]c2cc1C. The van der Waals surface area contributed by atoms with Crippen LogP contribution in [0.1, 0.15) is 61.6 Å². The van der Waals surface area contributed by atoms with Crippen LogP contribution in [0.2, 0.25) is 0 Å². The minimum atomic E-state index is -0.0384. The Balaban J connectivity index is 1.56. The monoisotopic (exact) mass is 427 g/mol. The number of ether oxygens (including phenoxy) is 1. The van der Waals surface area contributed by atoms with Crippen LogP contribution in [0.25, 0.3) is 10.9 Å². The van der Waals surface area contributed by atoms with Gasteiger partial charge in [-0.25, -0.2) is 0 Å². The highest BCUT2D eigenvalue weighted by atomic mass is 32.1. The van der Waals surface area contributed by atoms with Crippen LogP contribution in [0.4, 0.5) is 0 Å². The van der Waals surface area contributed by atoms with E-state index >= 15 is 0 Å². The van der Waals surface area contributed by atoms with Gasteiger partial charge in [-0.05, 0) is 86.5 Å². The van der Waals surface area contributed by atoms with Crippen molar-refractivity contribution in [1.29, 1.82) is 0 Å². The number of aromatic amines is 1. The molecule has 1 aromatic heterocycles. The van der Waals surface area contributed by atoms with Crippen molar-refractivity contribution in [3.8, 4) is 0 Å². The molecule has 1 atom stereocenters. The molecule has 30 heavy (non-hydrogen) atoms. The van der Waals surface area contributed by atoms with Gasteiger partial charge in [0.15, 0.2) is 5.11 Å². The summed E-state index contributed by atoms with van der Waals surface area (Å²) in [5, 5.41) is 5.39. The normalized spacial score (nSPS) is 19.9. The lowest BCUT2D eigenvalue weighted by atomic mass is 9.96. The molecule has 4 rings (SSSR count). The van der Waals surface area contributed by atoms with Crippen molar-refractivity contribution in [1.82, 2.24) is 15.2 Å². The number of benzene rings is 1. The molecule has 2 aromatic rings. The average Bonchev–Trinajstić information content (AvgIpc) is 3.23. The number of nitrogens with one attached hydrogen (secondary N) is 2. The molecule has 2 N–H and O–H groups in total. The molecule has 1 aromatic carbocycles. The quantitative estimate of drug-likeness (QED) is 0.696. The molecular weight excluding hydrogens is 394 g/mol. The highest BCUT2D eigenvalue weighted by Gasteiger charge is 2.24. The van der Waals surface area contributed by atoms with Crippen LogP contribution < -0.4 is 10.9 Å². The van der Waals surface area contributed by atoms with Crippen molar-refractivity contribution >= 4 is 28.2 Å². The number of aromatic nitrogens is 1. The topological polar surface area (TPSA) is 57.4 Å². The zero-order valence-electron chi connectivity index (χ0n) is 18.1. The first kappa shape index (κ1) is 21.3. The summed E-state index contributed by atoms with van der Waals surface area (Å²) >= 11 is 5.81. The largest absolute Gasteiger partial charge is 0.376 e. The number of hydrogen-bond donors (Lipinski definition) is 2. The maximum Gasteiger partial charge on any atom is 0.253 e. The lowest BCUT2D eigenvalue weighted by Gasteiger charge is -2.32. The Morgan fingerprint density at radius 1 is 1.13 bits per heavy atom. The van der Waals surface area contributed by atoms with Gasteiger partial charge in [-0.2, -0.15) is 0 Å². The van der Waals surface area contributed by atoms with Crippen molar-refractivity contribution in [3.05, 3.63) is 45.2 Å². The van der Waals surface area contributed by atoms with Crippen molar-refractivity contribution < 1.29 is 4.74 Å². The minimum absolute atomic E-state index is 0.0384. The van der Waals surface area contributed by atoms with Crippen LogP contribution in [-0.4, -0.2) is 40.3 Å². The number of aryl methyl sites for hydroxylation is 2. The Morgan fingerprint density at radius 3 is 2.63 bits per heavy atom. The van der Waals surface area contributed by atoms with E-state index in [4.69, 9.17) is 17.0 Å². The summed E-state index contributed by atoms with van der Waals surface area (Å²) < 4.78 is 5.88. The van der Waals surface area contributed by atoms with Crippen molar-refractivity contribution in [2.24, 2.45) is 0 Å². The highest BCUT2D eigenvalue weighted by Crippen LogP contribution is 2.21. The zero-order chi connectivity index (χ0) is 21.1. The predicted octanol–water partition coefficient (Wildman–Crippen LogP) is 4.33. The number of rotatable bonds is 5. The van der Waals surface area contributed by atoms with E-state index in [1.807, 2.05) is 6.07 Å². The third-order valence-electron chi connectivity index (χ3n) is 6.56. The summed E-state index contributed by atoms with van der Waals surface area (Å²) in [5.74, 6) is 0. The second-order valence-corrected chi connectivity index (χ2v) is 9.33. The van der Waals surface area contributed by atoms with Gasteiger partial charge < -0.3 is 19.9 Å². The van der Waals surface area contributed by atoms with Gasteiger partial charge in [0.25, 0.3) is 5.56 Å². The first-order valence-corrected chi connectivity index (χ1v) is 11.7. The fraction of sp³-hybridized carbons (Fsp3) is 0.583. The van der Waals surface area contributed by atoms with Crippen LogP contribution in [0.5, 0.6) is 0 Å². The minimum Gasteiger partial charge on any atom is -0.376 e. The molecule has 1 aliphatic heterocycles. The molecule has 2 aliphatic rings. The molecule has 0 unspecified atom stereocenters. The number of H-pyrrole nitrogens is 1. The predicted molar refractivity (Wildman–Crippen MR) is 126 cm³/mol. The maximum absolute atomic E-state index is 12.8. The molecule has 0 amide bonds. The van der Waals surface area contributed by atoms with Gasteiger partial charge >= 0.3 is 0 Å². The third-order valence-corrected chi connectivity index (χ3v) is 6.94. The molecule has 1 aliphatic carbocycles. The Kier molecular flexibility index (Phi) is 6.74. The number of nitrogens with zero attached hydrogens (tertiary/aromatic N) is 1. The van der Waals surface area contributed by atoms with E-state index in [0.29, 0.717) is 12.6 Å². The van der Waals surface area contributed by atoms with Gasteiger partial charge in [0, 0.05) is 30.3 Å². The van der Waals surface area contributed by atoms with Crippen molar-refractivity contribution in [3.63, 3.8) is 0 Å². The Hall–Kier alpha value is -1.92. The average molecular weight is 428 g/mol. The fourth-order valence-electron chi connectivity index (χ4n) is 4.61. The van der Waals surface area contributed by atoms with E-state index in [1.165, 1.54) is 43.2 Å². The van der Waals surface area contributed by atoms with Crippen LogP contribution in [-0.2, 0) is 11.3 Å². The van der Waals surface area contributed by atoms with Crippen molar-refractivity contribution in [2.45, 2.75) is 77.5 Å². The summed E-state index contributed by atoms with van der Waals surface area (Å²) in [6, 6.07) is 6.66. The van der Waals surface area contributed by atoms with Gasteiger partial charge in [-0.3, -0.25) is 4.79 Å². The first-order chi connectivity index (χ1) is 14.5. The number of fused-ring (bicyclic) bond motifs is 1. The smallest absolute Gasteiger partial charge is 0.253 e. The standard InChI is InChI=1S/C24H33N3O2S/c1-16-11-18-13-19(23(28)26-22(18)12-17(16)2)14-27(15-21-9-6-10-29-21)24(30)25-20-7-4-3-5-8-20/h11-13,20-21H,3-10,14-15H2,1-2H3,(H,25,30)(H,26,28)/t21-/m1/s1. The fourth-order valence-corrected chi connectivity index (χ4v) is 4.92.